The fourth-order valence-electron chi connectivity index (χ4n) is 6.70. The second-order valence-corrected chi connectivity index (χ2v) is 20.8. The highest BCUT2D eigenvalue weighted by molar-refractivity contribution is 7.92. The van der Waals surface area contributed by atoms with Gasteiger partial charge in [-0.1, -0.05) is 74.7 Å². The number of likely N-dealkylation sites (tertiary alicyclic amines) is 1. The van der Waals surface area contributed by atoms with E-state index in [0.717, 1.165) is 19.3 Å². The summed E-state index contributed by atoms with van der Waals surface area (Å²) in [6.45, 7) is 23.5. The van der Waals surface area contributed by atoms with E-state index < -0.39 is 73.1 Å². The molecule has 0 radical (unpaired) electrons. The SMILES string of the molecule is CC(=O)C(=O)C(CC1CCC1)NC(=O)[C@@H]1CC(C)(C)C(C)CN1C(=O)[C@@H](NC(=O)N[C@@](C)(CC(C)C)CS(=O)(=O)C(C)(C)C)C(C)(C)C. The Kier molecular flexibility index (Phi) is 13.2. The molecule has 2 aliphatic rings. The lowest BCUT2D eigenvalue weighted by Gasteiger charge is -2.49. The summed E-state index contributed by atoms with van der Waals surface area (Å²) in [4.78, 5) is 68.7. The smallest absolute Gasteiger partial charge is 0.315 e. The molecule has 0 aromatic heterocycles. The van der Waals surface area contributed by atoms with Crippen LogP contribution in [0.4, 0.5) is 4.79 Å². The number of nitrogens with one attached hydrogen (secondary N) is 3. The van der Waals surface area contributed by atoms with E-state index in [1.165, 1.54) is 11.8 Å². The van der Waals surface area contributed by atoms with Gasteiger partial charge in [-0.25, -0.2) is 13.2 Å². The minimum absolute atomic E-state index is 0.0153. The van der Waals surface area contributed by atoms with Gasteiger partial charge in [0.1, 0.15) is 12.1 Å². The van der Waals surface area contributed by atoms with Crippen LogP contribution in [0.3, 0.4) is 0 Å². The number of sulfone groups is 1. The van der Waals surface area contributed by atoms with E-state index in [9.17, 15) is 32.4 Å². The van der Waals surface area contributed by atoms with Crippen molar-refractivity contribution in [3.63, 3.8) is 0 Å². The van der Waals surface area contributed by atoms with Gasteiger partial charge in [0.15, 0.2) is 15.6 Å². The summed E-state index contributed by atoms with van der Waals surface area (Å²) >= 11 is 0. The van der Waals surface area contributed by atoms with Gasteiger partial charge in [0, 0.05) is 13.5 Å². The van der Waals surface area contributed by atoms with Crippen LogP contribution in [-0.4, -0.2) is 83.4 Å². The van der Waals surface area contributed by atoms with Gasteiger partial charge in [0.2, 0.25) is 17.6 Å². The topological polar surface area (TPSA) is 159 Å². The first kappa shape index (κ1) is 41.7. The van der Waals surface area contributed by atoms with E-state index in [4.69, 9.17) is 0 Å². The van der Waals surface area contributed by atoms with Crippen molar-refractivity contribution in [2.24, 2.45) is 28.6 Å². The molecule has 2 fully saturated rings. The summed E-state index contributed by atoms with van der Waals surface area (Å²) in [5, 5.41) is 8.60. The van der Waals surface area contributed by atoms with Gasteiger partial charge < -0.3 is 20.9 Å². The number of piperidine rings is 1. The summed E-state index contributed by atoms with van der Waals surface area (Å²) in [5.74, 6) is -2.11. The van der Waals surface area contributed by atoms with Crippen molar-refractivity contribution in [1.29, 1.82) is 0 Å². The number of carbonyl (C=O) groups is 5. The molecule has 11 nitrogen and oxygen atoms in total. The Bertz CT molecular complexity index is 1320. The highest BCUT2D eigenvalue weighted by atomic mass is 32.2. The molecule has 276 valence electrons. The zero-order valence-corrected chi connectivity index (χ0v) is 32.7. The molecule has 3 N–H and O–H groups in total. The maximum Gasteiger partial charge on any atom is 0.315 e. The number of carbonyl (C=O) groups excluding carboxylic acids is 5. The first-order chi connectivity index (χ1) is 21.6. The fourth-order valence-corrected chi connectivity index (χ4v) is 8.16. The predicted octanol–water partition coefficient (Wildman–Crippen LogP) is 4.81. The van der Waals surface area contributed by atoms with E-state index in [1.807, 2.05) is 55.4 Å². The highest BCUT2D eigenvalue weighted by Crippen LogP contribution is 2.40. The Morgan fingerprint density at radius 2 is 1.50 bits per heavy atom. The lowest BCUT2D eigenvalue weighted by molar-refractivity contribution is -0.151. The minimum atomic E-state index is -3.61. The van der Waals surface area contributed by atoms with Crippen LogP contribution in [-0.2, 0) is 29.0 Å². The molecule has 4 amide bonds. The molecule has 1 heterocycles. The second-order valence-electron chi connectivity index (χ2n) is 18.0. The normalized spacial score (nSPS) is 22.9. The maximum atomic E-state index is 14.5. The largest absolute Gasteiger partial charge is 0.344 e. The van der Waals surface area contributed by atoms with E-state index in [2.05, 4.69) is 16.0 Å². The Hall–Kier alpha value is -2.50. The molecule has 0 bridgehead atoms. The number of hydrogen-bond acceptors (Lipinski definition) is 7. The highest BCUT2D eigenvalue weighted by Gasteiger charge is 2.48. The summed E-state index contributed by atoms with van der Waals surface area (Å²) in [7, 11) is -3.61. The standard InChI is InChI=1S/C36H64N4O7S/c1-22(2)18-36(13,21-48(46,47)34(8,9)10)39-32(45)38-29(33(5,6)7)31(44)40-20-23(3)35(11,12)19-27(40)30(43)37-26(28(42)24(4)41)17-25-15-14-16-25/h22-23,25-27,29H,14-21H2,1-13H3,(H,37,43)(H2,38,39,45)/t23?,26?,27-,29+,36-/m0/s1. The molecule has 1 saturated carbocycles. The maximum absolute atomic E-state index is 14.5. The van der Waals surface area contributed by atoms with Crippen LogP contribution in [0.5, 0.6) is 0 Å². The monoisotopic (exact) mass is 696 g/mol. The van der Waals surface area contributed by atoms with Gasteiger partial charge in [-0.2, -0.15) is 0 Å². The van der Waals surface area contributed by atoms with Crippen LogP contribution in [0.2, 0.25) is 0 Å². The Labute approximate surface area is 289 Å². The quantitative estimate of drug-likeness (QED) is 0.233. The molecule has 1 aliphatic carbocycles. The first-order valence-corrected chi connectivity index (χ1v) is 19.2. The molecule has 0 aromatic carbocycles. The van der Waals surface area contributed by atoms with Crippen molar-refractivity contribution in [3.8, 4) is 0 Å². The molecule has 5 atom stereocenters. The van der Waals surface area contributed by atoms with E-state index >= 15 is 0 Å². The van der Waals surface area contributed by atoms with Crippen molar-refractivity contribution in [1.82, 2.24) is 20.9 Å². The van der Waals surface area contributed by atoms with Gasteiger partial charge in [-0.05, 0) is 75.5 Å². The zero-order chi connectivity index (χ0) is 37.2. The lowest BCUT2D eigenvalue weighted by atomic mass is 9.70. The van der Waals surface area contributed by atoms with Crippen LogP contribution in [0, 0.1) is 28.6 Å². The first-order valence-electron chi connectivity index (χ1n) is 17.6. The van der Waals surface area contributed by atoms with Gasteiger partial charge in [0.05, 0.1) is 22.1 Å². The molecule has 1 saturated heterocycles. The molecule has 1 aliphatic heterocycles. The molecule has 0 spiro atoms. The summed E-state index contributed by atoms with van der Waals surface area (Å²) in [5.41, 5.74) is -2.21. The number of Topliss-reactive ketones (excluding diaryl/α,β-unsaturated/α-hetero) is 2. The average molecular weight is 697 g/mol. The zero-order valence-electron chi connectivity index (χ0n) is 31.8. The van der Waals surface area contributed by atoms with Crippen LogP contribution >= 0.6 is 0 Å². The number of amides is 4. The molecular formula is C36H64N4O7S. The average Bonchev–Trinajstić information content (AvgIpc) is 2.86. The van der Waals surface area contributed by atoms with Crippen LogP contribution in [0.15, 0.2) is 0 Å². The molecular weight excluding hydrogens is 632 g/mol. The molecule has 48 heavy (non-hydrogen) atoms. The summed E-state index contributed by atoms with van der Waals surface area (Å²) in [6.07, 6.45) is 4.04. The summed E-state index contributed by atoms with van der Waals surface area (Å²) < 4.78 is 25.4. The molecule has 12 heteroatoms. The molecule has 2 unspecified atom stereocenters. The lowest BCUT2D eigenvalue weighted by Crippen LogP contribution is -2.66. The Morgan fingerprint density at radius 3 is 1.94 bits per heavy atom. The molecule has 2 rings (SSSR count). The van der Waals surface area contributed by atoms with E-state index in [-0.39, 0.29) is 35.5 Å². The number of ketones is 2. The number of urea groups is 1. The number of nitrogens with zero attached hydrogens (tertiary/aromatic N) is 1. The van der Waals surface area contributed by atoms with Crippen molar-refractivity contribution in [2.75, 3.05) is 12.3 Å². The fraction of sp³-hybridized carbons (Fsp3) is 0.861. The van der Waals surface area contributed by atoms with Gasteiger partial charge in [0.25, 0.3) is 0 Å². The van der Waals surface area contributed by atoms with Gasteiger partial charge in [-0.3, -0.25) is 19.2 Å². The number of hydrogen-bond donors (Lipinski definition) is 3. The van der Waals surface area contributed by atoms with Crippen molar-refractivity contribution in [3.05, 3.63) is 0 Å². The Morgan fingerprint density at radius 1 is 0.938 bits per heavy atom. The van der Waals surface area contributed by atoms with Gasteiger partial charge >= 0.3 is 6.03 Å². The second kappa shape index (κ2) is 15.2. The number of rotatable bonds is 13. The minimum Gasteiger partial charge on any atom is -0.344 e. The van der Waals surface area contributed by atoms with Crippen molar-refractivity contribution < 1.29 is 32.4 Å². The summed E-state index contributed by atoms with van der Waals surface area (Å²) in [6, 6.07) is -3.61. The van der Waals surface area contributed by atoms with Crippen LogP contribution < -0.4 is 16.0 Å². The van der Waals surface area contributed by atoms with Crippen molar-refractivity contribution >= 4 is 39.2 Å². The van der Waals surface area contributed by atoms with Crippen LogP contribution in [0.1, 0.15) is 129 Å². The van der Waals surface area contributed by atoms with Gasteiger partial charge in [-0.15, -0.1) is 0 Å². The van der Waals surface area contributed by atoms with E-state index in [0.29, 0.717) is 19.3 Å². The van der Waals surface area contributed by atoms with Crippen molar-refractivity contribution in [2.45, 2.75) is 157 Å². The van der Waals surface area contributed by atoms with Crippen LogP contribution in [0.25, 0.3) is 0 Å². The van der Waals surface area contributed by atoms with E-state index in [1.54, 1.807) is 27.7 Å². The third-order valence-corrected chi connectivity index (χ3v) is 13.2. The third-order valence-electron chi connectivity index (χ3n) is 10.4. The Balaban J connectivity index is 2.42. The predicted molar refractivity (Wildman–Crippen MR) is 189 cm³/mol. The third kappa shape index (κ3) is 10.7. The molecule has 0 aromatic rings.